The Bertz CT molecular complexity index is 385. The summed E-state index contributed by atoms with van der Waals surface area (Å²) in [5.41, 5.74) is 11.2. The van der Waals surface area contributed by atoms with Gasteiger partial charge in [0.1, 0.15) is 0 Å². The van der Waals surface area contributed by atoms with Gasteiger partial charge in [0.2, 0.25) is 5.96 Å². The monoisotopic (exact) mass is 366 g/mol. The molecule has 0 fully saturated rings. The third-order valence-electron chi connectivity index (χ3n) is 1.35. The van der Waals surface area contributed by atoms with Crippen molar-refractivity contribution in [1.82, 2.24) is 0 Å². The van der Waals surface area contributed by atoms with Crippen molar-refractivity contribution < 1.29 is 0 Å². The molecule has 1 aromatic carbocycles. The van der Waals surface area contributed by atoms with Gasteiger partial charge in [-0.25, -0.2) is 0 Å². The minimum Gasteiger partial charge on any atom is -0.369 e. The van der Waals surface area contributed by atoms with E-state index in [0.29, 0.717) is 0 Å². The summed E-state index contributed by atoms with van der Waals surface area (Å²) in [6.45, 7) is 0. The lowest BCUT2D eigenvalue weighted by Gasteiger charge is -1.98. The van der Waals surface area contributed by atoms with Gasteiger partial charge in [-0.05, 0) is 44.6 Å². The van der Waals surface area contributed by atoms with Crippen LogP contribution < -0.4 is 11.5 Å². The molecule has 74 valence electrons. The first-order chi connectivity index (χ1) is 6.61. The molecule has 1 aromatic rings. The highest BCUT2D eigenvalue weighted by Crippen LogP contribution is 2.21. The highest BCUT2D eigenvalue weighted by atomic mass is 127. The van der Waals surface area contributed by atoms with Gasteiger partial charge in [-0.15, -0.1) is 5.10 Å². The largest absolute Gasteiger partial charge is 0.369 e. The van der Waals surface area contributed by atoms with E-state index >= 15 is 0 Å². The number of halogens is 2. The maximum Gasteiger partial charge on any atom is 0.211 e. The van der Waals surface area contributed by atoms with Crippen LogP contribution in [0.2, 0.25) is 0 Å². The minimum absolute atomic E-state index is 0.0528. The zero-order chi connectivity index (χ0) is 10.6. The molecule has 0 amide bonds. The SMILES string of the molecule is NC(N)=NN=Cc1cccc(I)c1Br. The Balaban J connectivity index is 2.92. The molecule has 4 nitrogen and oxygen atoms in total. The third kappa shape index (κ3) is 3.26. The number of nitrogens with zero attached hydrogens (tertiary/aromatic N) is 2. The fraction of sp³-hybridized carbons (Fsp3) is 0. The van der Waals surface area contributed by atoms with Crippen molar-refractivity contribution in [1.29, 1.82) is 0 Å². The van der Waals surface area contributed by atoms with E-state index in [1.54, 1.807) is 6.21 Å². The van der Waals surface area contributed by atoms with Crippen LogP contribution in [0.25, 0.3) is 0 Å². The maximum absolute atomic E-state index is 5.13. The lowest BCUT2D eigenvalue weighted by atomic mass is 10.2. The maximum atomic E-state index is 5.13. The summed E-state index contributed by atoms with van der Waals surface area (Å²) in [7, 11) is 0. The second kappa shape index (κ2) is 5.30. The second-order valence-corrected chi connectivity index (χ2v) is 4.37. The van der Waals surface area contributed by atoms with Crippen molar-refractivity contribution in [2.45, 2.75) is 0 Å². The van der Waals surface area contributed by atoms with E-state index in [-0.39, 0.29) is 5.96 Å². The highest BCUT2D eigenvalue weighted by molar-refractivity contribution is 14.1. The van der Waals surface area contributed by atoms with Gasteiger partial charge in [0.05, 0.1) is 6.21 Å². The van der Waals surface area contributed by atoms with Crippen LogP contribution in [-0.4, -0.2) is 12.2 Å². The summed E-state index contributed by atoms with van der Waals surface area (Å²) in [6.07, 6.45) is 1.59. The number of guanidine groups is 1. The summed E-state index contributed by atoms with van der Waals surface area (Å²) in [5, 5.41) is 7.23. The van der Waals surface area contributed by atoms with Crippen LogP contribution in [0.1, 0.15) is 5.56 Å². The first-order valence-corrected chi connectivity index (χ1v) is 5.54. The van der Waals surface area contributed by atoms with Gasteiger partial charge in [-0.1, -0.05) is 12.1 Å². The molecule has 0 aliphatic heterocycles. The molecule has 0 unspecified atom stereocenters. The topological polar surface area (TPSA) is 76.8 Å². The van der Waals surface area contributed by atoms with Gasteiger partial charge in [-0.3, -0.25) is 0 Å². The fourth-order valence-electron chi connectivity index (χ4n) is 0.778. The zero-order valence-corrected chi connectivity index (χ0v) is 10.9. The van der Waals surface area contributed by atoms with E-state index < -0.39 is 0 Å². The van der Waals surface area contributed by atoms with E-state index in [1.807, 2.05) is 18.2 Å². The molecule has 0 radical (unpaired) electrons. The molecule has 6 heteroatoms. The average molecular weight is 367 g/mol. The standard InChI is InChI=1S/C8H8BrIN4/c9-7-5(2-1-3-6(7)10)4-13-14-8(11)12/h1-4H,(H4,11,12,14). The van der Waals surface area contributed by atoms with Crippen LogP contribution in [0.3, 0.4) is 0 Å². The molecule has 0 bridgehead atoms. The molecule has 1 rings (SSSR count). The molecule has 0 spiro atoms. The Hall–Kier alpha value is -0.630. The average Bonchev–Trinajstić information content (AvgIpc) is 2.12. The normalized spacial score (nSPS) is 10.4. The Kier molecular flexibility index (Phi) is 4.33. The van der Waals surface area contributed by atoms with Crippen LogP contribution in [0.15, 0.2) is 32.9 Å². The van der Waals surface area contributed by atoms with Crippen molar-refractivity contribution in [3.8, 4) is 0 Å². The Morgan fingerprint density at radius 3 is 2.79 bits per heavy atom. The highest BCUT2D eigenvalue weighted by Gasteiger charge is 1.99. The van der Waals surface area contributed by atoms with Gasteiger partial charge < -0.3 is 11.5 Å². The van der Waals surface area contributed by atoms with Gasteiger partial charge in [0, 0.05) is 13.6 Å². The number of nitrogens with two attached hydrogens (primary N) is 2. The van der Waals surface area contributed by atoms with Crippen LogP contribution in [0, 0.1) is 3.57 Å². The van der Waals surface area contributed by atoms with E-state index in [9.17, 15) is 0 Å². The molecule has 0 aliphatic rings. The molecular formula is C8H8BrIN4. The predicted molar refractivity (Wildman–Crippen MR) is 70.3 cm³/mol. The molecule has 0 aromatic heterocycles. The quantitative estimate of drug-likeness (QED) is 0.361. The van der Waals surface area contributed by atoms with Gasteiger partial charge in [-0.2, -0.15) is 5.10 Å². The predicted octanol–water partition coefficient (Wildman–Crippen LogP) is 1.66. The third-order valence-corrected chi connectivity index (χ3v) is 3.88. The van der Waals surface area contributed by atoms with E-state index in [0.717, 1.165) is 13.6 Å². The van der Waals surface area contributed by atoms with Gasteiger partial charge >= 0.3 is 0 Å². The molecule has 4 N–H and O–H groups in total. The molecule has 0 saturated heterocycles. The van der Waals surface area contributed by atoms with Crippen LogP contribution in [0.4, 0.5) is 0 Å². The molecular weight excluding hydrogens is 359 g/mol. The van der Waals surface area contributed by atoms with Crippen molar-refractivity contribution >= 4 is 50.7 Å². The van der Waals surface area contributed by atoms with Crippen LogP contribution in [0.5, 0.6) is 0 Å². The Morgan fingerprint density at radius 1 is 1.43 bits per heavy atom. The minimum atomic E-state index is -0.0528. The van der Waals surface area contributed by atoms with E-state index in [1.165, 1.54) is 0 Å². The summed E-state index contributed by atoms with van der Waals surface area (Å²) < 4.78 is 2.09. The summed E-state index contributed by atoms with van der Waals surface area (Å²) in [6, 6.07) is 5.84. The van der Waals surface area contributed by atoms with Gasteiger partial charge in [0.15, 0.2) is 0 Å². The Morgan fingerprint density at radius 2 is 2.14 bits per heavy atom. The summed E-state index contributed by atoms with van der Waals surface area (Å²) in [4.78, 5) is 0. The first kappa shape index (κ1) is 11.4. The van der Waals surface area contributed by atoms with Crippen LogP contribution in [-0.2, 0) is 0 Å². The number of benzene rings is 1. The van der Waals surface area contributed by atoms with Gasteiger partial charge in [0.25, 0.3) is 0 Å². The molecule has 14 heavy (non-hydrogen) atoms. The van der Waals surface area contributed by atoms with Crippen molar-refractivity contribution in [3.05, 3.63) is 31.8 Å². The van der Waals surface area contributed by atoms with Crippen LogP contribution >= 0.6 is 38.5 Å². The molecule has 0 heterocycles. The summed E-state index contributed by atoms with van der Waals surface area (Å²) in [5.74, 6) is -0.0528. The van der Waals surface area contributed by atoms with Crippen molar-refractivity contribution in [3.63, 3.8) is 0 Å². The van der Waals surface area contributed by atoms with Crippen molar-refractivity contribution in [2.75, 3.05) is 0 Å². The molecule has 0 atom stereocenters. The number of hydrogen-bond donors (Lipinski definition) is 2. The van der Waals surface area contributed by atoms with E-state index in [2.05, 4.69) is 48.7 Å². The van der Waals surface area contributed by atoms with E-state index in [4.69, 9.17) is 11.5 Å². The smallest absolute Gasteiger partial charge is 0.211 e. The number of rotatable bonds is 2. The molecule has 0 saturated carbocycles. The number of hydrogen-bond acceptors (Lipinski definition) is 2. The van der Waals surface area contributed by atoms with Crippen molar-refractivity contribution in [2.24, 2.45) is 21.7 Å². The Labute approximate surface area is 104 Å². The molecule has 0 aliphatic carbocycles. The first-order valence-electron chi connectivity index (χ1n) is 3.67. The summed E-state index contributed by atoms with van der Waals surface area (Å²) >= 11 is 5.66. The second-order valence-electron chi connectivity index (χ2n) is 2.41. The fourth-order valence-corrected chi connectivity index (χ4v) is 1.66. The lowest BCUT2D eigenvalue weighted by Crippen LogP contribution is -2.21. The lowest BCUT2D eigenvalue weighted by molar-refractivity contribution is 1.21. The zero-order valence-electron chi connectivity index (χ0n) is 7.11.